The highest BCUT2D eigenvalue weighted by Crippen LogP contribution is 2.34. The number of ether oxygens (including phenoxy) is 1. The molecule has 0 fully saturated rings. The van der Waals surface area contributed by atoms with E-state index in [1.165, 1.54) is 11.8 Å². The van der Waals surface area contributed by atoms with Crippen molar-refractivity contribution in [2.75, 3.05) is 5.32 Å². The van der Waals surface area contributed by atoms with Crippen LogP contribution in [0.3, 0.4) is 0 Å². The number of nitrogens with one attached hydrogen (secondary N) is 1. The number of carbonyl (C=O) groups is 2. The highest BCUT2D eigenvalue weighted by Gasteiger charge is 2.24. The van der Waals surface area contributed by atoms with Crippen LogP contribution >= 0.6 is 11.8 Å². The molecule has 0 bridgehead atoms. The SMILES string of the molecule is CC(C)CCC(C(=O)O)c1ccc(NC2=NC(=O)/C(=C\c3cc4ccccc4cc3OC(C)C)S2)cc1. The van der Waals surface area contributed by atoms with Crippen LogP contribution in [0.1, 0.15) is 57.6 Å². The molecule has 7 heteroatoms. The first-order chi connectivity index (χ1) is 17.7. The Hall–Kier alpha value is -3.58. The summed E-state index contributed by atoms with van der Waals surface area (Å²) in [7, 11) is 0. The molecule has 2 N–H and O–H groups in total. The molecule has 0 saturated carbocycles. The van der Waals surface area contributed by atoms with Gasteiger partial charge in [0.1, 0.15) is 5.75 Å². The fourth-order valence-electron chi connectivity index (χ4n) is 4.16. The lowest BCUT2D eigenvalue weighted by Crippen LogP contribution is -2.13. The van der Waals surface area contributed by atoms with Gasteiger partial charge in [-0.15, -0.1) is 0 Å². The van der Waals surface area contributed by atoms with Gasteiger partial charge in [-0.25, -0.2) is 0 Å². The zero-order valence-electron chi connectivity index (χ0n) is 21.5. The van der Waals surface area contributed by atoms with Crippen LogP contribution < -0.4 is 10.1 Å². The van der Waals surface area contributed by atoms with Crippen LogP contribution in [0.4, 0.5) is 5.69 Å². The van der Waals surface area contributed by atoms with Gasteiger partial charge in [-0.1, -0.05) is 50.2 Å². The summed E-state index contributed by atoms with van der Waals surface area (Å²) in [5.74, 6) is -0.492. The predicted octanol–water partition coefficient (Wildman–Crippen LogP) is 7.31. The number of amides is 1. The van der Waals surface area contributed by atoms with Gasteiger partial charge < -0.3 is 15.2 Å². The van der Waals surface area contributed by atoms with Crippen molar-refractivity contribution in [3.63, 3.8) is 0 Å². The Morgan fingerprint density at radius 2 is 1.70 bits per heavy atom. The molecule has 192 valence electrons. The first-order valence-electron chi connectivity index (χ1n) is 12.5. The maximum absolute atomic E-state index is 12.7. The van der Waals surface area contributed by atoms with Gasteiger partial charge in [-0.2, -0.15) is 4.99 Å². The number of thioether (sulfide) groups is 1. The number of carboxylic acids is 1. The largest absolute Gasteiger partial charge is 0.490 e. The zero-order chi connectivity index (χ0) is 26.5. The Morgan fingerprint density at radius 1 is 1.03 bits per heavy atom. The number of hydrogen-bond acceptors (Lipinski definition) is 5. The lowest BCUT2D eigenvalue weighted by molar-refractivity contribution is -0.139. The Labute approximate surface area is 221 Å². The molecule has 1 atom stereocenters. The van der Waals surface area contributed by atoms with Crippen LogP contribution in [-0.2, 0) is 9.59 Å². The summed E-state index contributed by atoms with van der Waals surface area (Å²) in [5.41, 5.74) is 2.34. The molecule has 0 aliphatic carbocycles. The van der Waals surface area contributed by atoms with Gasteiger partial charge in [0, 0.05) is 11.3 Å². The second-order valence-electron chi connectivity index (χ2n) is 9.85. The van der Waals surface area contributed by atoms with Crippen LogP contribution in [-0.4, -0.2) is 28.3 Å². The van der Waals surface area contributed by atoms with Crippen LogP contribution in [0.15, 0.2) is 70.6 Å². The monoisotopic (exact) mass is 516 g/mol. The van der Waals surface area contributed by atoms with E-state index in [2.05, 4.69) is 24.2 Å². The van der Waals surface area contributed by atoms with Crippen molar-refractivity contribution in [2.24, 2.45) is 10.9 Å². The Kier molecular flexibility index (Phi) is 8.34. The minimum Gasteiger partial charge on any atom is -0.490 e. The molecule has 0 saturated heterocycles. The molecule has 37 heavy (non-hydrogen) atoms. The fourth-order valence-corrected chi connectivity index (χ4v) is 4.99. The molecule has 0 spiro atoms. The molecule has 1 heterocycles. The van der Waals surface area contributed by atoms with E-state index in [0.29, 0.717) is 22.4 Å². The van der Waals surface area contributed by atoms with Crippen molar-refractivity contribution in [3.05, 3.63) is 76.7 Å². The minimum atomic E-state index is -0.813. The van der Waals surface area contributed by atoms with Crippen molar-refractivity contribution < 1.29 is 19.4 Å². The van der Waals surface area contributed by atoms with Gasteiger partial charge in [-0.3, -0.25) is 9.59 Å². The number of aliphatic imine (C=N–C) groups is 1. The number of rotatable bonds is 9. The van der Waals surface area contributed by atoms with E-state index >= 15 is 0 Å². The minimum absolute atomic E-state index is 0.00667. The quantitative estimate of drug-likeness (QED) is 0.290. The molecule has 0 radical (unpaired) electrons. The van der Waals surface area contributed by atoms with Crippen molar-refractivity contribution in [2.45, 2.75) is 52.6 Å². The molecule has 3 aromatic rings. The van der Waals surface area contributed by atoms with E-state index < -0.39 is 11.9 Å². The zero-order valence-corrected chi connectivity index (χ0v) is 22.3. The van der Waals surface area contributed by atoms with E-state index in [9.17, 15) is 14.7 Å². The van der Waals surface area contributed by atoms with Gasteiger partial charge in [0.25, 0.3) is 5.91 Å². The maximum Gasteiger partial charge on any atom is 0.310 e. The lowest BCUT2D eigenvalue weighted by Gasteiger charge is -2.15. The van der Waals surface area contributed by atoms with Crippen molar-refractivity contribution in [3.8, 4) is 5.75 Å². The van der Waals surface area contributed by atoms with E-state index in [1.54, 1.807) is 0 Å². The third kappa shape index (κ3) is 6.80. The molecule has 1 aliphatic rings. The van der Waals surface area contributed by atoms with Crippen LogP contribution in [0.25, 0.3) is 16.8 Å². The normalized spacial score (nSPS) is 15.5. The van der Waals surface area contributed by atoms with Crippen molar-refractivity contribution in [1.82, 2.24) is 0 Å². The number of carboxylic acid groups (broad SMARTS) is 1. The lowest BCUT2D eigenvalue weighted by atomic mass is 9.91. The van der Waals surface area contributed by atoms with E-state index in [1.807, 2.05) is 80.6 Å². The number of anilines is 1. The number of carbonyl (C=O) groups excluding carboxylic acids is 1. The van der Waals surface area contributed by atoms with Crippen LogP contribution in [0.5, 0.6) is 5.75 Å². The van der Waals surface area contributed by atoms with Gasteiger partial charge in [0.05, 0.1) is 16.9 Å². The van der Waals surface area contributed by atoms with Crippen molar-refractivity contribution >= 4 is 51.3 Å². The summed E-state index contributed by atoms with van der Waals surface area (Å²) < 4.78 is 6.04. The first-order valence-corrected chi connectivity index (χ1v) is 13.3. The maximum atomic E-state index is 12.7. The number of amidine groups is 1. The molecule has 1 unspecified atom stereocenters. The fraction of sp³-hybridized carbons (Fsp3) is 0.300. The number of fused-ring (bicyclic) bond motifs is 1. The molecule has 4 rings (SSSR count). The number of hydrogen-bond donors (Lipinski definition) is 2. The first kappa shape index (κ1) is 26.5. The standard InChI is InChI=1S/C30H32N2O4S/c1-18(2)9-14-25(29(34)35)20-10-12-24(13-11-20)31-30-32-28(33)27(37-30)17-23-15-21-7-5-6-8-22(21)16-26(23)36-19(3)4/h5-8,10-13,15-19,25H,9,14H2,1-4H3,(H,34,35)(H,31,32,33)/b27-17+. The third-order valence-electron chi connectivity index (χ3n) is 6.04. The second-order valence-corrected chi connectivity index (χ2v) is 10.9. The summed E-state index contributed by atoms with van der Waals surface area (Å²) in [5, 5.41) is 15.4. The Morgan fingerprint density at radius 3 is 2.32 bits per heavy atom. The van der Waals surface area contributed by atoms with Gasteiger partial charge in [0.2, 0.25) is 0 Å². The molecule has 1 amide bonds. The molecule has 6 nitrogen and oxygen atoms in total. The average Bonchev–Trinajstić information content (AvgIpc) is 3.18. The van der Waals surface area contributed by atoms with Crippen molar-refractivity contribution in [1.29, 1.82) is 0 Å². The second kappa shape index (κ2) is 11.6. The summed E-state index contributed by atoms with van der Waals surface area (Å²) in [6.07, 6.45) is 3.27. The van der Waals surface area contributed by atoms with E-state index in [4.69, 9.17) is 4.74 Å². The average molecular weight is 517 g/mol. The summed E-state index contributed by atoms with van der Waals surface area (Å²) in [6.45, 7) is 8.13. The highest BCUT2D eigenvalue weighted by molar-refractivity contribution is 8.18. The molecule has 0 aromatic heterocycles. The third-order valence-corrected chi connectivity index (χ3v) is 6.94. The summed E-state index contributed by atoms with van der Waals surface area (Å²) in [4.78, 5) is 29.1. The smallest absolute Gasteiger partial charge is 0.310 e. The molecule has 1 aliphatic heterocycles. The van der Waals surface area contributed by atoms with Crippen LogP contribution in [0.2, 0.25) is 0 Å². The highest BCUT2D eigenvalue weighted by atomic mass is 32.2. The Balaban J connectivity index is 1.50. The van der Waals surface area contributed by atoms with E-state index in [0.717, 1.165) is 39.8 Å². The number of nitrogens with zero attached hydrogens (tertiary/aromatic N) is 1. The van der Waals surface area contributed by atoms with Gasteiger partial charge in [0.15, 0.2) is 5.17 Å². The van der Waals surface area contributed by atoms with Crippen LogP contribution in [0, 0.1) is 5.92 Å². The van der Waals surface area contributed by atoms with Gasteiger partial charge >= 0.3 is 5.97 Å². The molecule has 3 aromatic carbocycles. The number of benzene rings is 3. The molecular weight excluding hydrogens is 484 g/mol. The molecular formula is C30H32N2O4S. The predicted molar refractivity (Wildman–Crippen MR) is 152 cm³/mol. The summed E-state index contributed by atoms with van der Waals surface area (Å²) in [6, 6.07) is 19.4. The summed E-state index contributed by atoms with van der Waals surface area (Å²) >= 11 is 1.27. The number of aliphatic carboxylic acids is 1. The van der Waals surface area contributed by atoms with Gasteiger partial charge in [-0.05, 0) is 91.0 Å². The van der Waals surface area contributed by atoms with E-state index in [-0.39, 0.29) is 12.0 Å². The Bertz CT molecular complexity index is 1360. The topological polar surface area (TPSA) is 88.0 Å².